The summed E-state index contributed by atoms with van der Waals surface area (Å²) in [6, 6.07) is 7.91. The molecule has 4 heteroatoms. The number of aliphatic hydroxyl groups is 1. The van der Waals surface area contributed by atoms with E-state index in [0.717, 1.165) is 43.5 Å². The largest absolute Gasteiger partial charge is 0.396 e. The van der Waals surface area contributed by atoms with Gasteiger partial charge in [-0.3, -0.25) is 9.69 Å². The quantitative estimate of drug-likeness (QED) is 0.907. The second-order valence-electron chi connectivity index (χ2n) is 6.50. The van der Waals surface area contributed by atoms with Crippen molar-refractivity contribution >= 4 is 5.91 Å². The minimum absolute atomic E-state index is 0.196. The molecule has 0 bridgehead atoms. The molecule has 0 radical (unpaired) electrons. The van der Waals surface area contributed by atoms with Crippen LogP contribution in [0.2, 0.25) is 0 Å². The van der Waals surface area contributed by atoms with Crippen molar-refractivity contribution in [3.8, 4) is 0 Å². The average Bonchev–Trinajstić information content (AvgIpc) is 2.50. The maximum atomic E-state index is 13.0. The highest BCUT2D eigenvalue weighted by atomic mass is 16.3. The van der Waals surface area contributed by atoms with Gasteiger partial charge < -0.3 is 10.0 Å². The van der Waals surface area contributed by atoms with E-state index in [1.54, 1.807) is 0 Å². The highest BCUT2D eigenvalue weighted by Crippen LogP contribution is 2.27. The third kappa shape index (κ3) is 3.87. The monoisotopic (exact) mass is 304 g/mol. The molecule has 0 saturated carbocycles. The normalized spacial score (nSPS) is 17.8. The van der Waals surface area contributed by atoms with E-state index >= 15 is 0 Å². The van der Waals surface area contributed by atoms with Crippen molar-refractivity contribution in [3.63, 3.8) is 0 Å². The number of benzene rings is 1. The summed E-state index contributed by atoms with van der Waals surface area (Å²) in [5, 5.41) is 9.05. The number of aliphatic hydroxyl groups excluding tert-OH is 1. The molecule has 0 aromatic heterocycles. The first kappa shape index (κ1) is 17.0. The average molecular weight is 304 g/mol. The van der Waals surface area contributed by atoms with Crippen molar-refractivity contribution in [2.75, 3.05) is 33.8 Å². The molecule has 22 heavy (non-hydrogen) atoms. The molecule has 1 saturated heterocycles. The van der Waals surface area contributed by atoms with Gasteiger partial charge in [0.2, 0.25) is 5.91 Å². The third-order valence-electron chi connectivity index (χ3n) is 4.70. The van der Waals surface area contributed by atoms with Crippen molar-refractivity contribution < 1.29 is 9.90 Å². The first-order chi connectivity index (χ1) is 10.5. The van der Waals surface area contributed by atoms with E-state index in [9.17, 15) is 4.79 Å². The fourth-order valence-electron chi connectivity index (χ4n) is 3.32. The molecule has 1 fully saturated rings. The van der Waals surface area contributed by atoms with Gasteiger partial charge in [0.05, 0.1) is 0 Å². The number of carbonyl (C=O) groups excluding carboxylic acids is 1. The minimum atomic E-state index is -0.212. The molecule has 0 aliphatic carbocycles. The molecule has 1 aliphatic rings. The van der Waals surface area contributed by atoms with Crippen LogP contribution in [0.3, 0.4) is 0 Å². The molecule has 1 N–H and O–H groups in total. The van der Waals surface area contributed by atoms with E-state index in [1.807, 2.05) is 36.0 Å². The summed E-state index contributed by atoms with van der Waals surface area (Å²) in [7, 11) is 3.93. The van der Waals surface area contributed by atoms with Gasteiger partial charge in [-0.15, -0.1) is 0 Å². The van der Waals surface area contributed by atoms with E-state index in [2.05, 4.69) is 19.1 Å². The minimum Gasteiger partial charge on any atom is -0.396 e. The third-order valence-corrected chi connectivity index (χ3v) is 4.70. The zero-order valence-corrected chi connectivity index (χ0v) is 14.0. The molecule has 1 aromatic rings. The van der Waals surface area contributed by atoms with Gasteiger partial charge in [0, 0.05) is 19.7 Å². The fraction of sp³-hybridized carbons (Fsp3) is 0.611. The number of piperidine rings is 1. The Morgan fingerprint density at radius 2 is 1.95 bits per heavy atom. The number of carbonyl (C=O) groups is 1. The molecule has 0 spiro atoms. The second-order valence-corrected chi connectivity index (χ2v) is 6.50. The summed E-state index contributed by atoms with van der Waals surface area (Å²) in [5.74, 6) is 0.757. The Kier molecular flexibility index (Phi) is 5.98. The predicted octanol–water partition coefficient (Wildman–Crippen LogP) is 2.22. The van der Waals surface area contributed by atoms with Crippen LogP contribution in [-0.4, -0.2) is 54.6 Å². The summed E-state index contributed by atoms with van der Waals surface area (Å²) in [6.07, 6.45) is 2.86. The Bertz CT molecular complexity index is 494. The lowest BCUT2D eigenvalue weighted by Gasteiger charge is -2.36. The highest BCUT2D eigenvalue weighted by molar-refractivity contribution is 5.83. The Morgan fingerprint density at radius 3 is 2.50 bits per heavy atom. The molecule has 1 aromatic carbocycles. The molecule has 122 valence electrons. The van der Waals surface area contributed by atoms with E-state index in [0.29, 0.717) is 5.92 Å². The summed E-state index contributed by atoms with van der Waals surface area (Å²) in [6.45, 7) is 3.92. The van der Waals surface area contributed by atoms with Gasteiger partial charge in [0.25, 0.3) is 0 Å². The molecule has 1 atom stereocenters. The molecule has 4 nitrogen and oxygen atoms in total. The number of aryl methyl sites for hydroxylation is 1. The maximum absolute atomic E-state index is 13.0. The first-order valence-corrected chi connectivity index (χ1v) is 8.16. The van der Waals surface area contributed by atoms with Crippen molar-refractivity contribution in [2.24, 2.45) is 5.92 Å². The molecule has 1 aliphatic heterocycles. The second kappa shape index (κ2) is 7.75. The van der Waals surface area contributed by atoms with Crippen LogP contribution >= 0.6 is 0 Å². The van der Waals surface area contributed by atoms with Crippen LogP contribution in [0.1, 0.15) is 36.4 Å². The van der Waals surface area contributed by atoms with E-state index < -0.39 is 0 Å². The van der Waals surface area contributed by atoms with Crippen LogP contribution in [0.5, 0.6) is 0 Å². The van der Waals surface area contributed by atoms with Crippen LogP contribution in [0, 0.1) is 12.8 Å². The van der Waals surface area contributed by atoms with Gasteiger partial charge >= 0.3 is 0 Å². The van der Waals surface area contributed by atoms with Crippen LogP contribution < -0.4 is 0 Å². The van der Waals surface area contributed by atoms with Gasteiger partial charge in [0.15, 0.2) is 0 Å². The van der Waals surface area contributed by atoms with Crippen LogP contribution in [0.4, 0.5) is 0 Å². The first-order valence-electron chi connectivity index (χ1n) is 8.16. The molecule has 2 rings (SSSR count). The maximum Gasteiger partial charge on any atom is 0.244 e. The molecular formula is C18H28N2O2. The Morgan fingerprint density at radius 1 is 1.32 bits per heavy atom. The number of nitrogens with zero attached hydrogens (tertiary/aromatic N) is 2. The SMILES string of the molecule is Cc1ccccc1C(C(=O)N1CCC(CCO)CC1)N(C)C. The summed E-state index contributed by atoms with van der Waals surface area (Å²) >= 11 is 0. The van der Waals surface area contributed by atoms with E-state index in [4.69, 9.17) is 5.11 Å². The lowest BCUT2D eigenvalue weighted by Crippen LogP contribution is -2.44. The Balaban J connectivity index is 2.10. The summed E-state index contributed by atoms with van der Waals surface area (Å²) in [4.78, 5) is 17.0. The smallest absolute Gasteiger partial charge is 0.244 e. The van der Waals surface area contributed by atoms with Crippen molar-refractivity contribution in [2.45, 2.75) is 32.2 Å². The summed E-state index contributed by atoms with van der Waals surface area (Å²) < 4.78 is 0. The van der Waals surface area contributed by atoms with Crippen molar-refractivity contribution in [3.05, 3.63) is 35.4 Å². The number of amides is 1. The van der Waals surface area contributed by atoms with Crippen molar-refractivity contribution in [1.29, 1.82) is 0 Å². The van der Waals surface area contributed by atoms with Gasteiger partial charge in [0.1, 0.15) is 6.04 Å². The zero-order valence-electron chi connectivity index (χ0n) is 14.0. The van der Waals surface area contributed by atoms with Gasteiger partial charge in [-0.05, 0) is 57.3 Å². The fourth-order valence-corrected chi connectivity index (χ4v) is 3.32. The van der Waals surface area contributed by atoms with E-state index in [1.165, 1.54) is 0 Å². The molecule has 1 unspecified atom stereocenters. The van der Waals surface area contributed by atoms with Crippen LogP contribution in [0.25, 0.3) is 0 Å². The van der Waals surface area contributed by atoms with Gasteiger partial charge in [-0.2, -0.15) is 0 Å². The molecular weight excluding hydrogens is 276 g/mol. The standard InChI is InChI=1S/C18H28N2O2/c1-14-6-4-5-7-16(14)17(19(2)3)18(22)20-11-8-15(9-12-20)10-13-21/h4-7,15,17,21H,8-13H2,1-3H3. The number of likely N-dealkylation sites (tertiary alicyclic amines) is 1. The molecule has 1 amide bonds. The lowest BCUT2D eigenvalue weighted by molar-refractivity contribution is -0.137. The predicted molar refractivity (Wildman–Crippen MR) is 88.6 cm³/mol. The Labute approximate surface area is 133 Å². The number of hydrogen-bond acceptors (Lipinski definition) is 3. The number of rotatable bonds is 5. The number of likely N-dealkylation sites (N-methyl/N-ethyl adjacent to an activating group) is 1. The van der Waals surface area contributed by atoms with E-state index in [-0.39, 0.29) is 18.6 Å². The highest BCUT2D eigenvalue weighted by Gasteiger charge is 2.31. The van der Waals surface area contributed by atoms with Crippen LogP contribution in [-0.2, 0) is 4.79 Å². The van der Waals surface area contributed by atoms with Gasteiger partial charge in [-0.25, -0.2) is 0 Å². The Hall–Kier alpha value is -1.39. The van der Waals surface area contributed by atoms with Crippen molar-refractivity contribution in [1.82, 2.24) is 9.80 Å². The van der Waals surface area contributed by atoms with Gasteiger partial charge in [-0.1, -0.05) is 24.3 Å². The summed E-state index contributed by atoms with van der Waals surface area (Å²) in [5.41, 5.74) is 2.25. The zero-order chi connectivity index (χ0) is 16.1. The lowest BCUT2D eigenvalue weighted by atomic mass is 9.92. The van der Waals surface area contributed by atoms with Crippen LogP contribution in [0.15, 0.2) is 24.3 Å². The molecule has 1 heterocycles. The number of hydrogen-bond donors (Lipinski definition) is 1. The topological polar surface area (TPSA) is 43.8 Å².